The highest BCUT2D eigenvalue weighted by Crippen LogP contribution is 2.20. The second-order valence-electron chi connectivity index (χ2n) is 4.05. The van der Waals surface area contributed by atoms with Gasteiger partial charge in [-0.25, -0.2) is 0 Å². The van der Waals surface area contributed by atoms with Crippen LogP contribution in [-0.2, 0) is 12.8 Å². The van der Waals surface area contributed by atoms with Crippen LogP contribution in [-0.4, -0.2) is 11.5 Å². The van der Waals surface area contributed by atoms with E-state index < -0.39 is 0 Å². The van der Waals surface area contributed by atoms with Crippen molar-refractivity contribution >= 4 is 10.9 Å². The van der Waals surface area contributed by atoms with Gasteiger partial charge in [0.2, 0.25) is 0 Å². The van der Waals surface area contributed by atoms with Gasteiger partial charge in [-0.3, -0.25) is 0 Å². The molecule has 1 aromatic carbocycles. The van der Waals surface area contributed by atoms with Gasteiger partial charge in [0, 0.05) is 23.5 Å². The molecule has 0 fully saturated rings. The number of halogens is 1. The number of benzene rings is 1. The van der Waals surface area contributed by atoms with Gasteiger partial charge >= 0.3 is 0 Å². The van der Waals surface area contributed by atoms with Crippen LogP contribution in [0.3, 0.4) is 0 Å². The van der Waals surface area contributed by atoms with Crippen molar-refractivity contribution in [3.63, 3.8) is 0 Å². The Hall–Kier alpha value is -0.990. The van der Waals surface area contributed by atoms with Gasteiger partial charge in [-0.1, -0.05) is 19.4 Å². The Bertz CT molecular complexity index is 448. The largest absolute Gasteiger partial charge is 1.00 e. The lowest BCUT2D eigenvalue weighted by Crippen LogP contribution is -3.00. The lowest BCUT2D eigenvalue weighted by molar-refractivity contribution is -0.366. The molecule has 1 heterocycles. The summed E-state index contributed by atoms with van der Waals surface area (Å²) < 4.78 is 0. The highest BCUT2D eigenvalue weighted by atomic mass is 35.5. The molecule has 88 valence electrons. The predicted octanol–water partition coefficient (Wildman–Crippen LogP) is -1.09. The first-order valence-electron chi connectivity index (χ1n) is 5.73. The molecule has 2 aromatic rings. The Balaban J connectivity index is 0.00000128. The Morgan fingerprint density at radius 2 is 2.06 bits per heavy atom. The number of aromatic nitrogens is 1. The summed E-state index contributed by atoms with van der Waals surface area (Å²) in [4.78, 5) is 3.31. The minimum Gasteiger partial charge on any atom is -1.00 e. The van der Waals surface area contributed by atoms with E-state index in [9.17, 15) is 0 Å². The molecule has 0 aliphatic rings. The molecular formula is C13H19ClN2. The first-order valence-corrected chi connectivity index (χ1v) is 5.73. The van der Waals surface area contributed by atoms with Crippen molar-refractivity contribution in [2.45, 2.75) is 26.2 Å². The minimum absolute atomic E-state index is 0. The van der Waals surface area contributed by atoms with Gasteiger partial charge in [-0.2, -0.15) is 0 Å². The van der Waals surface area contributed by atoms with E-state index in [1.165, 1.54) is 34.9 Å². The molecule has 0 aliphatic carbocycles. The molecule has 0 saturated heterocycles. The summed E-state index contributed by atoms with van der Waals surface area (Å²) >= 11 is 0. The van der Waals surface area contributed by atoms with Gasteiger partial charge in [0.1, 0.15) is 0 Å². The molecule has 0 spiro atoms. The molecule has 4 N–H and O–H groups in total. The van der Waals surface area contributed by atoms with E-state index in [1.807, 2.05) is 0 Å². The number of H-pyrrole nitrogens is 1. The first-order chi connectivity index (χ1) is 7.35. The van der Waals surface area contributed by atoms with Crippen LogP contribution in [0.2, 0.25) is 0 Å². The quantitative estimate of drug-likeness (QED) is 0.680. The Morgan fingerprint density at radius 3 is 2.75 bits per heavy atom. The van der Waals surface area contributed by atoms with Gasteiger partial charge in [0.15, 0.2) is 0 Å². The average Bonchev–Trinajstić information content (AvgIpc) is 2.63. The topological polar surface area (TPSA) is 43.4 Å². The predicted molar refractivity (Wildman–Crippen MR) is 63.8 cm³/mol. The van der Waals surface area contributed by atoms with E-state index in [0.717, 1.165) is 13.0 Å². The van der Waals surface area contributed by atoms with E-state index in [2.05, 4.69) is 42.0 Å². The number of aromatic amines is 1. The highest BCUT2D eigenvalue weighted by molar-refractivity contribution is 5.83. The third kappa shape index (κ3) is 2.57. The molecule has 16 heavy (non-hydrogen) atoms. The molecule has 0 amide bonds. The monoisotopic (exact) mass is 238 g/mol. The number of rotatable bonds is 4. The number of aryl methyl sites for hydroxylation is 1. The maximum atomic E-state index is 3.91. The van der Waals surface area contributed by atoms with Crippen LogP contribution in [0, 0.1) is 0 Å². The zero-order chi connectivity index (χ0) is 10.7. The molecule has 0 atom stereocenters. The van der Waals surface area contributed by atoms with Gasteiger partial charge < -0.3 is 23.1 Å². The summed E-state index contributed by atoms with van der Waals surface area (Å²) in [5, 5.41) is 1.38. The summed E-state index contributed by atoms with van der Waals surface area (Å²) in [6.07, 6.45) is 5.56. The van der Waals surface area contributed by atoms with Crippen LogP contribution < -0.4 is 18.1 Å². The number of fused-ring (bicyclic) bond motifs is 1. The van der Waals surface area contributed by atoms with Crippen LogP contribution in [0.1, 0.15) is 24.5 Å². The maximum Gasteiger partial charge on any atom is 0.0781 e. The van der Waals surface area contributed by atoms with Crippen LogP contribution in [0.5, 0.6) is 0 Å². The summed E-state index contributed by atoms with van der Waals surface area (Å²) in [7, 11) is 0. The smallest absolute Gasteiger partial charge is 0.0781 e. The maximum absolute atomic E-state index is 3.91. The Kier molecular flexibility index (Phi) is 4.84. The molecule has 3 heteroatoms. The van der Waals surface area contributed by atoms with Crippen LogP contribution in [0.25, 0.3) is 10.9 Å². The summed E-state index contributed by atoms with van der Waals surface area (Å²) in [5.74, 6) is 0. The van der Waals surface area contributed by atoms with Crippen molar-refractivity contribution in [2.75, 3.05) is 6.54 Å². The minimum atomic E-state index is 0. The average molecular weight is 239 g/mol. The van der Waals surface area contributed by atoms with Crippen molar-refractivity contribution in [3.05, 3.63) is 35.5 Å². The lowest BCUT2D eigenvalue weighted by atomic mass is 10.0. The summed E-state index contributed by atoms with van der Waals surface area (Å²) in [6, 6.07) is 6.73. The van der Waals surface area contributed by atoms with Crippen molar-refractivity contribution in [2.24, 2.45) is 0 Å². The van der Waals surface area contributed by atoms with Crippen molar-refractivity contribution in [1.82, 2.24) is 4.98 Å². The SMILES string of the molecule is CCCc1ccc2[nH]cc(CC[NH3+])c2c1.[Cl-]. The van der Waals surface area contributed by atoms with E-state index in [0.29, 0.717) is 0 Å². The van der Waals surface area contributed by atoms with E-state index in [-0.39, 0.29) is 12.4 Å². The molecular weight excluding hydrogens is 220 g/mol. The fourth-order valence-electron chi connectivity index (χ4n) is 2.07. The standard InChI is InChI=1S/C13H18N2.ClH/c1-2-3-10-4-5-13-12(8-10)11(6-7-14)9-15-13;/h4-5,8-9,15H,2-3,6-7,14H2,1H3;1H. The van der Waals surface area contributed by atoms with Gasteiger partial charge in [0.25, 0.3) is 0 Å². The number of hydrogen-bond donors (Lipinski definition) is 2. The van der Waals surface area contributed by atoms with E-state index >= 15 is 0 Å². The molecule has 0 bridgehead atoms. The van der Waals surface area contributed by atoms with Crippen molar-refractivity contribution < 1.29 is 18.1 Å². The molecule has 2 nitrogen and oxygen atoms in total. The zero-order valence-corrected chi connectivity index (χ0v) is 10.5. The second-order valence-corrected chi connectivity index (χ2v) is 4.05. The summed E-state index contributed by atoms with van der Waals surface area (Å²) in [6.45, 7) is 3.18. The Labute approximate surface area is 103 Å². The lowest BCUT2D eigenvalue weighted by Gasteiger charge is -2.00. The molecule has 0 aliphatic heterocycles. The highest BCUT2D eigenvalue weighted by Gasteiger charge is 2.04. The number of hydrogen-bond acceptors (Lipinski definition) is 0. The second kappa shape index (κ2) is 5.92. The van der Waals surface area contributed by atoms with Crippen LogP contribution in [0.15, 0.2) is 24.4 Å². The zero-order valence-electron chi connectivity index (χ0n) is 9.72. The van der Waals surface area contributed by atoms with Crippen LogP contribution in [0.4, 0.5) is 0 Å². The van der Waals surface area contributed by atoms with Crippen molar-refractivity contribution in [3.8, 4) is 0 Å². The molecule has 1 aromatic heterocycles. The van der Waals surface area contributed by atoms with Gasteiger partial charge in [-0.15, -0.1) is 0 Å². The normalized spacial score (nSPS) is 10.4. The third-order valence-corrected chi connectivity index (χ3v) is 2.82. The molecule has 0 saturated carbocycles. The number of nitrogens with one attached hydrogen (secondary N) is 1. The van der Waals surface area contributed by atoms with E-state index in [1.54, 1.807) is 0 Å². The van der Waals surface area contributed by atoms with Gasteiger partial charge in [-0.05, 0) is 29.7 Å². The van der Waals surface area contributed by atoms with Crippen LogP contribution >= 0.6 is 0 Å². The Morgan fingerprint density at radius 1 is 1.25 bits per heavy atom. The number of quaternary nitrogens is 1. The third-order valence-electron chi connectivity index (χ3n) is 2.82. The van der Waals surface area contributed by atoms with Crippen molar-refractivity contribution in [1.29, 1.82) is 0 Å². The first kappa shape index (κ1) is 13.1. The molecule has 0 radical (unpaired) electrons. The van der Waals surface area contributed by atoms with Gasteiger partial charge in [0.05, 0.1) is 6.54 Å². The summed E-state index contributed by atoms with van der Waals surface area (Å²) in [5.41, 5.74) is 8.00. The fourth-order valence-corrected chi connectivity index (χ4v) is 2.07. The fraction of sp³-hybridized carbons (Fsp3) is 0.385. The van der Waals surface area contributed by atoms with E-state index in [4.69, 9.17) is 0 Å². The molecule has 0 unspecified atom stereocenters. The molecule has 2 rings (SSSR count).